The summed E-state index contributed by atoms with van der Waals surface area (Å²) in [6.07, 6.45) is 0.505. The summed E-state index contributed by atoms with van der Waals surface area (Å²) in [5.41, 5.74) is 4.14. The quantitative estimate of drug-likeness (QED) is 0.0934. The van der Waals surface area contributed by atoms with Gasteiger partial charge in [-0.3, -0.25) is 9.78 Å². The Kier molecular flexibility index (Phi) is 14.8. The summed E-state index contributed by atoms with van der Waals surface area (Å²) in [4.78, 5) is 50.9. The zero-order valence-corrected chi connectivity index (χ0v) is 31.2. The predicted octanol–water partition coefficient (Wildman–Crippen LogP) is 5.61. The first-order valence-electron chi connectivity index (χ1n) is 16.9. The molecule has 0 unspecified atom stereocenters. The van der Waals surface area contributed by atoms with E-state index in [1.54, 1.807) is 42.2 Å². The Morgan fingerprint density at radius 1 is 0.922 bits per heavy atom. The van der Waals surface area contributed by atoms with E-state index >= 15 is 0 Å². The molecule has 51 heavy (non-hydrogen) atoms. The van der Waals surface area contributed by atoms with Crippen LogP contribution in [0.3, 0.4) is 0 Å². The van der Waals surface area contributed by atoms with Gasteiger partial charge in [0, 0.05) is 30.6 Å². The Bertz CT molecular complexity index is 1670. The van der Waals surface area contributed by atoms with Gasteiger partial charge < -0.3 is 35.8 Å². The van der Waals surface area contributed by atoms with Crippen LogP contribution in [-0.4, -0.2) is 74.4 Å². The standard InChI is InChI=1S/C37H48N6O6S2/c1-23(2)33(42-36(47)43(5)19-28-21-50-35(40-28)24(3)4)34(46)39-27(15-25-9-7-6-8-10-25)17-32(45)31(16-26-11-13-29(44)14-12-26)41-37(48)49-20-30-18-38-22-51-30/h6-14,18,21-24,27,31-33,44-45H,15-17,19-20H2,1-5H3,(H,39,46)(H,41,48)(H,42,47)/t27-,31-,32-,33-/m0/s1. The fourth-order valence-corrected chi connectivity index (χ4v) is 6.74. The van der Waals surface area contributed by atoms with E-state index < -0.39 is 36.4 Å². The van der Waals surface area contributed by atoms with Gasteiger partial charge >= 0.3 is 12.1 Å². The number of nitrogens with zero attached hydrogens (tertiary/aromatic N) is 3. The maximum atomic E-state index is 13.9. The molecule has 4 aromatic rings. The number of aliphatic hydroxyl groups excluding tert-OH is 1. The first-order chi connectivity index (χ1) is 24.4. The van der Waals surface area contributed by atoms with Gasteiger partial charge in [0.1, 0.15) is 18.4 Å². The molecule has 0 aliphatic rings. The van der Waals surface area contributed by atoms with Gasteiger partial charge in [-0.15, -0.1) is 22.7 Å². The minimum Gasteiger partial charge on any atom is -0.508 e. The highest BCUT2D eigenvalue weighted by Gasteiger charge is 2.31. The van der Waals surface area contributed by atoms with Crippen molar-refractivity contribution in [3.8, 4) is 5.75 Å². The molecule has 5 N–H and O–H groups in total. The van der Waals surface area contributed by atoms with Crippen LogP contribution in [0.15, 0.2) is 71.7 Å². The number of benzene rings is 2. The van der Waals surface area contributed by atoms with E-state index in [2.05, 4.69) is 39.8 Å². The summed E-state index contributed by atoms with van der Waals surface area (Å²) < 4.78 is 5.40. The number of amides is 4. The molecule has 0 bridgehead atoms. The average Bonchev–Trinajstić information content (AvgIpc) is 3.80. The lowest BCUT2D eigenvalue weighted by molar-refractivity contribution is -0.124. The fraction of sp³-hybridized carbons (Fsp3) is 0.432. The lowest BCUT2D eigenvalue weighted by Gasteiger charge is -2.30. The SMILES string of the molecule is CC(C)c1nc(CN(C)C(=O)N[C@H](C(=O)N[C@@H](Cc2ccccc2)C[C@H](O)[C@H](Cc2ccc(O)cc2)NC(=O)OCc2cncs2)C(C)C)cs1. The molecular formula is C37H48N6O6S2. The van der Waals surface area contributed by atoms with Gasteiger partial charge in [-0.05, 0) is 48.4 Å². The number of phenols is 1. The number of aromatic hydroxyl groups is 1. The molecule has 0 saturated carbocycles. The fourth-order valence-electron chi connectivity index (χ4n) is 5.40. The van der Waals surface area contributed by atoms with Gasteiger partial charge in [0.05, 0.1) is 39.8 Å². The highest BCUT2D eigenvalue weighted by molar-refractivity contribution is 7.09. The highest BCUT2D eigenvalue weighted by Crippen LogP contribution is 2.21. The molecular weight excluding hydrogens is 689 g/mol. The van der Waals surface area contributed by atoms with Crippen molar-refractivity contribution in [2.24, 2.45) is 5.92 Å². The number of carbonyl (C=O) groups is 3. The number of phenolic OH excluding ortho intramolecular Hbond substituents is 1. The molecule has 4 rings (SSSR count). The number of thiazole rings is 2. The highest BCUT2D eigenvalue weighted by atomic mass is 32.1. The van der Waals surface area contributed by atoms with Crippen molar-refractivity contribution in [3.05, 3.63) is 98.4 Å². The van der Waals surface area contributed by atoms with Crippen molar-refractivity contribution < 1.29 is 29.3 Å². The van der Waals surface area contributed by atoms with E-state index in [4.69, 9.17) is 4.74 Å². The molecule has 0 fully saturated rings. The number of rotatable bonds is 17. The van der Waals surface area contributed by atoms with Gasteiger partial charge in [0.25, 0.3) is 0 Å². The molecule has 0 aliphatic carbocycles. The molecule has 0 saturated heterocycles. The number of aliphatic hydroxyl groups is 1. The Morgan fingerprint density at radius 3 is 2.25 bits per heavy atom. The number of hydrogen-bond acceptors (Lipinski definition) is 10. The monoisotopic (exact) mass is 736 g/mol. The van der Waals surface area contributed by atoms with Gasteiger partial charge in [-0.1, -0.05) is 70.2 Å². The van der Waals surface area contributed by atoms with Crippen LogP contribution in [0.4, 0.5) is 9.59 Å². The Balaban J connectivity index is 1.48. The molecule has 4 atom stereocenters. The third kappa shape index (κ3) is 12.6. The number of urea groups is 1. The summed E-state index contributed by atoms with van der Waals surface area (Å²) >= 11 is 2.92. The molecule has 2 heterocycles. The largest absolute Gasteiger partial charge is 0.508 e. The smallest absolute Gasteiger partial charge is 0.407 e. The van der Waals surface area contributed by atoms with Crippen molar-refractivity contribution in [1.29, 1.82) is 0 Å². The summed E-state index contributed by atoms with van der Waals surface area (Å²) in [6.45, 7) is 8.19. The maximum absolute atomic E-state index is 13.9. The first kappa shape index (κ1) is 39.3. The Labute approximate surface area is 307 Å². The van der Waals surface area contributed by atoms with Crippen molar-refractivity contribution in [2.75, 3.05) is 7.05 Å². The normalized spacial score (nSPS) is 13.6. The third-order valence-corrected chi connectivity index (χ3v) is 10.2. The second kappa shape index (κ2) is 19.2. The molecule has 0 spiro atoms. The van der Waals surface area contributed by atoms with Crippen molar-refractivity contribution >= 4 is 40.7 Å². The van der Waals surface area contributed by atoms with Crippen LogP contribution in [0.5, 0.6) is 5.75 Å². The van der Waals surface area contributed by atoms with Crippen LogP contribution in [-0.2, 0) is 35.5 Å². The number of ether oxygens (including phenoxy) is 1. The van der Waals surface area contributed by atoms with Crippen molar-refractivity contribution in [1.82, 2.24) is 30.8 Å². The molecule has 14 heteroatoms. The van der Waals surface area contributed by atoms with E-state index in [1.165, 1.54) is 28.4 Å². The van der Waals surface area contributed by atoms with Crippen molar-refractivity contribution in [3.63, 3.8) is 0 Å². The van der Waals surface area contributed by atoms with Crippen LogP contribution in [0, 0.1) is 5.92 Å². The first-order valence-corrected chi connectivity index (χ1v) is 18.7. The van der Waals surface area contributed by atoms with Crippen molar-refractivity contribution in [2.45, 2.75) is 90.3 Å². The second-order valence-electron chi connectivity index (χ2n) is 13.2. The number of carbonyl (C=O) groups excluding carboxylic acids is 3. The minimum atomic E-state index is -1.11. The zero-order valence-electron chi connectivity index (χ0n) is 29.6. The number of hydrogen-bond donors (Lipinski definition) is 5. The lowest BCUT2D eigenvalue weighted by atomic mass is 9.93. The number of aromatic nitrogens is 2. The zero-order chi connectivity index (χ0) is 36.9. The van der Waals surface area contributed by atoms with Gasteiger partial charge in [-0.2, -0.15) is 0 Å². The topological polar surface area (TPSA) is 166 Å². The van der Waals surface area contributed by atoms with Crippen LogP contribution < -0.4 is 16.0 Å². The third-order valence-electron chi connectivity index (χ3n) is 8.22. The van der Waals surface area contributed by atoms with E-state index in [-0.39, 0.29) is 37.0 Å². The maximum Gasteiger partial charge on any atom is 0.407 e. The number of nitrogens with one attached hydrogen (secondary N) is 3. The Hall–Kier alpha value is -4.53. The Morgan fingerprint density at radius 2 is 1.63 bits per heavy atom. The van der Waals surface area contributed by atoms with E-state index in [0.29, 0.717) is 18.9 Å². The van der Waals surface area contributed by atoms with Gasteiger partial charge in [0.15, 0.2) is 0 Å². The minimum absolute atomic E-state index is 0.0332. The molecule has 0 aliphatic heterocycles. The van der Waals surface area contributed by atoms with Gasteiger partial charge in [-0.25, -0.2) is 14.6 Å². The number of alkyl carbamates (subject to hydrolysis) is 1. The molecule has 2 aromatic heterocycles. The summed E-state index contributed by atoms with van der Waals surface area (Å²) in [6, 6.07) is 13.5. The lowest BCUT2D eigenvalue weighted by Crippen LogP contribution is -2.55. The van der Waals surface area contributed by atoms with Crippen LogP contribution >= 0.6 is 22.7 Å². The van der Waals surface area contributed by atoms with E-state index in [0.717, 1.165) is 26.7 Å². The molecule has 12 nitrogen and oxygen atoms in total. The van der Waals surface area contributed by atoms with Crippen LogP contribution in [0.2, 0.25) is 0 Å². The van der Waals surface area contributed by atoms with Gasteiger partial charge in [0.2, 0.25) is 5.91 Å². The predicted molar refractivity (Wildman–Crippen MR) is 199 cm³/mol. The second-order valence-corrected chi connectivity index (χ2v) is 15.1. The molecule has 2 aromatic carbocycles. The average molecular weight is 737 g/mol. The summed E-state index contributed by atoms with van der Waals surface area (Å²) in [7, 11) is 1.66. The van der Waals surface area contributed by atoms with Crippen LogP contribution in [0.1, 0.15) is 66.7 Å². The van der Waals surface area contributed by atoms with E-state index in [9.17, 15) is 24.6 Å². The molecule has 0 radical (unpaired) electrons. The summed E-state index contributed by atoms with van der Waals surface area (Å²) in [5.74, 6) is -0.239. The molecule has 274 valence electrons. The van der Waals surface area contributed by atoms with Crippen LogP contribution in [0.25, 0.3) is 0 Å². The van der Waals surface area contributed by atoms with E-state index in [1.807, 2.05) is 49.6 Å². The summed E-state index contributed by atoms with van der Waals surface area (Å²) in [5, 5.41) is 33.2. The molecule has 4 amide bonds.